The Labute approximate surface area is 149 Å². The molecule has 0 amide bonds. The van der Waals surface area contributed by atoms with Crippen LogP contribution in [-0.4, -0.2) is 15.3 Å². The van der Waals surface area contributed by atoms with Gasteiger partial charge in [-0.2, -0.15) is 0 Å². The molecule has 0 saturated carbocycles. The average molecular weight is 374 g/mol. The Morgan fingerprint density at radius 3 is 1.52 bits per heavy atom. The minimum atomic E-state index is -6.00. The number of benzene rings is 1. The van der Waals surface area contributed by atoms with Crippen LogP contribution in [0, 0.1) is 5.39 Å². The molecule has 0 atom stereocenters. The van der Waals surface area contributed by atoms with Gasteiger partial charge in [0.15, 0.2) is 4.98 Å². The minimum absolute atomic E-state index is 0.599. The maximum Gasteiger partial charge on any atom is 0.673 e. The van der Waals surface area contributed by atoms with Crippen molar-refractivity contribution in [2.24, 2.45) is 0 Å². The van der Waals surface area contributed by atoms with Crippen LogP contribution < -0.4 is 0 Å². The summed E-state index contributed by atoms with van der Waals surface area (Å²) in [5.74, 6) is 0. The Morgan fingerprint density at radius 2 is 1.24 bits per heavy atom. The van der Waals surface area contributed by atoms with E-state index in [0.29, 0.717) is 5.69 Å². The lowest BCUT2D eigenvalue weighted by Crippen LogP contribution is -2.42. The van der Waals surface area contributed by atoms with Gasteiger partial charge in [0.2, 0.25) is 5.39 Å². The largest absolute Gasteiger partial charge is 0.673 e. The number of rotatable bonds is 5. The zero-order chi connectivity index (χ0) is 19.8. The molecule has 0 aromatic heterocycles. The Hall–Kier alpha value is -1.62. The molecule has 0 N–H and O–H groups in total. The minimum Gasteiger partial charge on any atom is -0.418 e. The van der Waals surface area contributed by atoms with E-state index in [1.807, 2.05) is 24.3 Å². The van der Waals surface area contributed by atoms with Gasteiger partial charge < -0.3 is 17.3 Å². The van der Waals surface area contributed by atoms with Crippen LogP contribution in [0.1, 0.15) is 47.1 Å². The van der Waals surface area contributed by atoms with Crippen molar-refractivity contribution in [3.8, 4) is 0 Å². The van der Waals surface area contributed by atoms with Crippen molar-refractivity contribution in [2.45, 2.75) is 58.2 Å². The molecular weight excluding hydrogens is 347 g/mol. The molecule has 0 bridgehead atoms. The molecule has 0 aliphatic carbocycles. The summed E-state index contributed by atoms with van der Waals surface area (Å²) >= 11 is 0. The number of diazo groups is 1. The first-order valence-electron chi connectivity index (χ1n) is 8.36. The third-order valence-corrected chi connectivity index (χ3v) is 11.3. The Kier molecular flexibility index (Phi) is 9.13. The second-order valence-corrected chi connectivity index (χ2v) is 12.8. The van der Waals surface area contributed by atoms with Crippen molar-refractivity contribution in [2.75, 3.05) is 0 Å². The summed E-state index contributed by atoms with van der Waals surface area (Å²) in [5.41, 5.74) is 6.47. The van der Waals surface area contributed by atoms with Crippen LogP contribution in [0.2, 0.25) is 16.6 Å². The van der Waals surface area contributed by atoms with Crippen LogP contribution in [-0.2, 0) is 0 Å². The predicted molar refractivity (Wildman–Crippen MR) is 101 cm³/mol. The summed E-state index contributed by atoms with van der Waals surface area (Å²) in [6.45, 7) is 14.2. The summed E-state index contributed by atoms with van der Waals surface area (Å²) in [6, 6.07) is 7.68. The molecule has 0 radical (unpaired) electrons. The van der Waals surface area contributed by atoms with E-state index in [9.17, 15) is 17.3 Å². The first-order valence-corrected chi connectivity index (χ1v) is 10.7. The number of hydrogen-bond acceptors (Lipinski definition) is 1. The van der Waals surface area contributed by atoms with Gasteiger partial charge in [-0.05, 0) is 34.3 Å². The molecule has 140 valence electrons. The lowest BCUT2D eigenvalue weighted by Gasteiger charge is -2.40. The van der Waals surface area contributed by atoms with Gasteiger partial charge in [-0.25, -0.2) is 0 Å². The summed E-state index contributed by atoms with van der Waals surface area (Å²) in [4.78, 5) is 3.19. The quantitative estimate of drug-likeness (QED) is 0.295. The van der Waals surface area contributed by atoms with Gasteiger partial charge in [0.05, 0.1) is 8.07 Å². The lowest BCUT2D eigenvalue weighted by atomic mass is 10.2. The lowest BCUT2D eigenvalue weighted by molar-refractivity contribution is 0.368. The summed E-state index contributed by atoms with van der Waals surface area (Å²) in [6.07, 6.45) is 2.26. The van der Waals surface area contributed by atoms with Crippen molar-refractivity contribution < 1.29 is 17.3 Å². The summed E-state index contributed by atoms with van der Waals surface area (Å²) in [5, 5.41) is 8.72. The highest BCUT2D eigenvalue weighted by atomic mass is 28.3. The van der Waals surface area contributed by atoms with Crippen molar-refractivity contribution in [1.29, 1.82) is 5.39 Å². The van der Waals surface area contributed by atoms with Crippen LogP contribution in [0.25, 0.3) is 11.1 Å². The van der Waals surface area contributed by atoms with Crippen LogP contribution in [0.3, 0.4) is 0 Å². The molecule has 8 heteroatoms. The molecule has 0 fully saturated rings. The van der Waals surface area contributed by atoms with Gasteiger partial charge in [-0.1, -0.05) is 53.3 Å². The molecule has 1 rings (SSSR count). The maximum atomic E-state index is 9.75. The second-order valence-electron chi connectivity index (χ2n) is 6.98. The molecule has 0 aliphatic rings. The smallest absolute Gasteiger partial charge is 0.418 e. The van der Waals surface area contributed by atoms with E-state index in [4.69, 9.17) is 5.39 Å². The maximum absolute atomic E-state index is 9.75. The van der Waals surface area contributed by atoms with Gasteiger partial charge in [0.1, 0.15) is 0 Å². The number of halogens is 4. The highest BCUT2D eigenvalue weighted by Crippen LogP contribution is 2.42. The first-order chi connectivity index (χ1) is 11.3. The van der Waals surface area contributed by atoms with Gasteiger partial charge >= 0.3 is 12.9 Å². The Bertz CT molecular complexity index is 562. The molecule has 25 heavy (non-hydrogen) atoms. The van der Waals surface area contributed by atoms with Crippen molar-refractivity contribution >= 4 is 27.1 Å². The topological polar surface area (TPSA) is 28.1 Å². The summed E-state index contributed by atoms with van der Waals surface area (Å²) < 4.78 is 39.0. The number of hydrogen-bond donors (Lipinski definition) is 0. The van der Waals surface area contributed by atoms with Crippen LogP contribution in [0.15, 0.2) is 30.0 Å². The average Bonchev–Trinajstić information content (AvgIpc) is 2.45. The number of nitrogens with zero attached hydrogens (tertiary/aromatic N) is 2. The monoisotopic (exact) mass is 374 g/mol. The Balaban J connectivity index is 0.00000101. The third-order valence-electron chi connectivity index (χ3n) is 4.57. The van der Waals surface area contributed by atoms with Gasteiger partial charge in [-0.15, -0.1) is 0 Å². The van der Waals surface area contributed by atoms with E-state index in [1.54, 1.807) is 0 Å². The molecular formula is C17H27BF4N2Si. The van der Waals surface area contributed by atoms with Crippen molar-refractivity contribution in [3.63, 3.8) is 0 Å². The molecule has 0 unspecified atom stereocenters. The Morgan fingerprint density at radius 1 is 0.880 bits per heavy atom. The molecule has 1 aromatic rings. The van der Waals surface area contributed by atoms with Gasteiger partial charge in [-0.3, -0.25) is 0 Å². The van der Waals surface area contributed by atoms with E-state index < -0.39 is 15.3 Å². The highest BCUT2D eigenvalue weighted by molar-refractivity contribution is 6.88. The van der Waals surface area contributed by atoms with Crippen molar-refractivity contribution in [3.05, 3.63) is 40.5 Å². The molecule has 0 saturated heterocycles. The van der Waals surface area contributed by atoms with E-state index in [0.717, 1.165) is 16.6 Å². The zero-order valence-electron chi connectivity index (χ0n) is 15.7. The van der Waals surface area contributed by atoms with Crippen LogP contribution >= 0.6 is 0 Å². The van der Waals surface area contributed by atoms with Gasteiger partial charge in [0.25, 0.3) is 0 Å². The van der Waals surface area contributed by atoms with E-state index in [1.165, 1.54) is 5.56 Å². The van der Waals surface area contributed by atoms with E-state index >= 15 is 0 Å². The molecule has 0 aliphatic heterocycles. The molecule has 0 spiro atoms. The fraction of sp³-hybridized carbons (Fsp3) is 0.529. The third kappa shape index (κ3) is 7.87. The van der Waals surface area contributed by atoms with Gasteiger partial charge in [0, 0.05) is 12.1 Å². The molecule has 0 heterocycles. The summed E-state index contributed by atoms with van der Waals surface area (Å²) in [7, 11) is -7.49. The van der Waals surface area contributed by atoms with E-state index in [-0.39, 0.29) is 0 Å². The van der Waals surface area contributed by atoms with Crippen LogP contribution in [0.4, 0.5) is 23.0 Å². The predicted octanol–water partition coefficient (Wildman–Crippen LogP) is 7.70. The fourth-order valence-electron chi connectivity index (χ4n) is 3.47. The highest BCUT2D eigenvalue weighted by Gasteiger charge is 2.40. The normalized spacial score (nSPS) is 12.5. The van der Waals surface area contributed by atoms with Crippen molar-refractivity contribution in [1.82, 2.24) is 0 Å². The van der Waals surface area contributed by atoms with E-state index in [2.05, 4.69) is 58.3 Å². The zero-order valence-corrected chi connectivity index (χ0v) is 16.7. The standard InChI is InChI=1S/C17H27N2Si.BF4/c1-13(2)20(14(3)4,15(5)6)12-11-16-7-9-17(19-18)10-8-16;2-1(3,4)5/h7-15H,1-6H3;/q+1;-1. The molecule has 2 nitrogen and oxygen atoms in total. The van der Waals surface area contributed by atoms with Crippen LogP contribution in [0.5, 0.6) is 0 Å². The SMILES string of the molecule is CC(C)[Si](C=Cc1ccc([N+]#N)cc1)(C(C)C)C(C)C.F[B-](F)(F)F. The second kappa shape index (κ2) is 9.76. The molecule has 1 aromatic carbocycles. The first kappa shape index (κ1) is 23.4. The fourth-order valence-corrected chi connectivity index (χ4v) is 9.11.